The Bertz CT molecular complexity index is 610. The van der Waals surface area contributed by atoms with Crippen LogP contribution >= 0.6 is 11.6 Å². The van der Waals surface area contributed by atoms with Crippen LogP contribution in [0, 0.1) is 5.82 Å². The molecular weight excluding hydrogens is 275 g/mol. The van der Waals surface area contributed by atoms with Crippen molar-refractivity contribution >= 4 is 23.4 Å². The number of furan rings is 1. The summed E-state index contributed by atoms with van der Waals surface area (Å²) in [5, 5.41) is 0.0648. The standard InChI is InChI=1S/C12H8ClFN2O3/c13-10-6-5-9(19-10)12(18)16-15-11(17)7-1-3-8(14)4-2-7/h1-6H,(H,15,17)(H,16,18). The van der Waals surface area contributed by atoms with Crippen LogP contribution in [0.4, 0.5) is 4.39 Å². The van der Waals surface area contributed by atoms with Crippen LogP contribution in [0.15, 0.2) is 40.8 Å². The van der Waals surface area contributed by atoms with Gasteiger partial charge in [0.15, 0.2) is 11.0 Å². The van der Waals surface area contributed by atoms with Crippen LogP contribution in [0.1, 0.15) is 20.9 Å². The van der Waals surface area contributed by atoms with E-state index in [2.05, 4.69) is 10.9 Å². The fourth-order valence-corrected chi connectivity index (χ4v) is 1.43. The van der Waals surface area contributed by atoms with E-state index in [0.717, 1.165) is 12.1 Å². The quantitative estimate of drug-likeness (QED) is 0.829. The zero-order valence-electron chi connectivity index (χ0n) is 9.44. The molecule has 0 saturated carbocycles. The second-order valence-electron chi connectivity index (χ2n) is 3.52. The van der Waals surface area contributed by atoms with E-state index in [1.807, 2.05) is 0 Å². The van der Waals surface area contributed by atoms with Crippen LogP contribution in [-0.4, -0.2) is 11.8 Å². The fourth-order valence-electron chi connectivity index (χ4n) is 1.28. The molecule has 0 saturated heterocycles. The molecule has 0 spiro atoms. The number of hydrogen-bond acceptors (Lipinski definition) is 3. The molecule has 2 aromatic rings. The average Bonchev–Trinajstić information content (AvgIpc) is 2.83. The van der Waals surface area contributed by atoms with Gasteiger partial charge >= 0.3 is 5.91 Å². The van der Waals surface area contributed by atoms with Crippen molar-refractivity contribution in [3.8, 4) is 0 Å². The number of carbonyl (C=O) groups excluding carboxylic acids is 2. The van der Waals surface area contributed by atoms with E-state index in [1.165, 1.54) is 24.3 Å². The Morgan fingerprint density at radius 2 is 1.63 bits per heavy atom. The summed E-state index contributed by atoms with van der Waals surface area (Å²) in [6.07, 6.45) is 0. The Hall–Kier alpha value is -2.34. The highest BCUT2D eigenvalue weighted by Gasteiger charge is 2.12. The molecule has 1 aromatic heterocycles. The van der Waals surface area contributed by atoms with Gasteiger partial charge in [0, 0.05) is 5.56 Å². The van der Waals surface area contributed by atoms with Gasteiger partial charge in [0.1, 0.15) is 5.82 Å². The van der Waals surface area contributed by atoms with Crippen molar-refractivity contribution in [2.75, 3.05) is 0 Å². The predicted molar refractivity (Wildman–Crippen MR) is 65.1 cm³/mol. The molecule has 0 aliphatic carbocycles. The molecule has 1 aromatic carbocycles. The summed E-state index contributed by atoms with van der Waals surface area (Å²) in [4.78, 5) is 23.1. The number of carbonyl (C=O) groups is 2. The van der Waals surface area contributed by atoms with E-state index < -0.39 is 17.6 Å². The minimum Gasteiger partial charge on any atom is -0.439 e. The Morgan fingerprint density at radius 3 is 2.21 bits per heavy atom. The fraction of sp³-hybridized carbons (Fsp3) is 0. The molecule has 0 unspecified atom stereocenters. The van der Waals surface area contributed by atoms with Crippen molar-refractivity contribution in [3.05, 3.63) is 58.8 Å². The molecule has 0 atom stereocenters. The van der Waals surface area contributed by atoms with E-state index in [-0.39, 0.29) is 16.5 Å². The molecule has 0 radical (unpaired) electrons. The lowest BCUT2D eigenvalue weighted by Crippen LogP contribution is -2.41. The lowest BCUT2D eigenvalue weighted by Gasteiger charge is -2.05. The number of amides is 2. The number of hydrazine groups is 1. The van der Waals surface area contributed by atoms with Crippen molar-refractivity contribution in [2.45, 2.75) is 0 Å². The van der Waals surface area contributed by atoms with Crippen LogP contribution in [0.25, 0.3) is 0 Å². The highest BCUT2D eigenvalue weighted by molar-refractivity contribution is 6.29. The van der Waals surface area contributed by atoms with Crippen LogP contribution in [0.5, 0.6) is 0 Å². The number of rotatable bonds is 2. The molecule has 0 fully saturated rings. The summed E-state index contributed by atoms with van der Waals surface area (Å²) in [7, 11) is 0. The average molecular weight is 283 g/mol. The largest absolute Gasteiger partial charge is 0.439 e. The molecular formula is C12H8ClFN2O3. The third kappa shape index (κ3) is 3.32. The molecule has 98 valence electrons. The zero-order valence-corrected chi connectivity index (χ0v) is 10.2. The summed E-state index contributed by atoms with van der Waals surface area (Å²) in [5.74, 6) is -1.72. The van der Waals surface area contributed by atoms with Crippen LogP contribution < -0.4 is 10.9 Å². The van der Waals surface area contributed by atoms with Crippen molar-refractivity contribution in [1.82, 2.24) is 10.9 Å². The number of benzene rings is 1. The number of hydrogen-bond donors (Lipinski definition) is 2. The molecule has 0 bridgehead atoms. The second-order valence-corrected chi connectivity index (χ2v) is 3.89. The molecule has 2 N–H and O–H groups in total. The van der Waals surface area contributed by atoms with Gasteiger partial charge in [0.25, 0.3) is 5.91 Å². The van der Waals surface area contributed by atoms with Gasteiger partial charge in [-0.15, -0.1) is 0 Å². The Kier molecular flexibility index (Phi) is 3.82. The first kappa shape index (κ1) is 13.1. The first-order valence-corrected chi connectivity index (χ1v) is 5.55. The molecule has 0 aliphatic rings. The molecule has 2 rings (SSSR count). The van der Waals surface area contributed by atoms with Crippen LogP contribution in [-0.2, 0) is 0 Å². The minimum absolute atomic E-state index is 0.0376. The third-order valence-corrected chi connectivity index (χ3v) is 2.40. The topological polar surface area (TPSA) is 71.3 Å². The van der Waals surface area contributed by atoms with E-state index in [0.29, 0.717) is 0 Å². The maximum atomic E-state index is 12.7. The maximum Gasteiger partial charge on any atom is 0.305 e. The summed E-state index contributed by atoms with van der Waals surface area (Å²) >= 11 is 5.51. The second kappa shape index (κ2) is 5.53. The van der Waals surface area contributed by atoms with Gasteiger partial charge < -0.3 is 4.42 Å². The van der Waals surface area contributed by atoms with Gasteiger partial charge in [-0.1, -0.05) is 0 Å². The lowest BCUT2D eigenvalue weighted by atomic mass is 10.2. The molecule has 5 nitrogen and oxygen atoms in total. The number of nitrogens with one attached hydrogen (secondary N) is 2. The predicted octanol–water partition coefficient (Wildman–Crippen LogP) is 2.15. The van der Waals surface area contributed by atoms with Crippen LogP contribution in [0.3, 0.4) is 0 Å². The van der Waals surface area contributed by atoms with E-state index >= 15 is 0 Å². The highest BCUT2D eigenvalue weighted by atomic mass is 35.5. The Balaban J connectivity index is 1.93. The molecule has 2 amide bonds. The van der Waals surface area contributed by atoms with E-state index in [1.54, 1.807) is 0 Å². The molecule has 0 aliphatic heterocycles. The maximum absolute atomic E-state index is 12.7. The Labute approximate surface area is 112 Å². The zero-order chi connectivity index (χ0) is 13.8. The Morgan fingerprint density at radius 1 is 1.00 bits per heavy atom. The van der Waals surface area contributed by atoms with E-state index in [4.69, 9.17) is 16.0 Å². The third-order valence-electron chi connectivity index (χ3n) is 2.19. The highest BCUT2D eigenvalue weighted by Crippen LogP contribution is 2.12. The van der Waals surface area contributed by atoms with E-state index in [9.17, 15) is 14.0 Å². The summed E-state index contributed by atoms with van der Waals surface area (Å²) in [6, 6.07) is 7.63. The first-order chi connectivity index (χ1) is 9.06. The normalized spacial score (nSPS) is 10.0. The van der Waals surface area contributed by atoms with Crippen molar-refractivity contribution in [1.29, 1.82) is 0 Å². The summed E-state index contributed by atoms with van der Waals surface area (Å²) in [6.45, 7) is 0. The van der Waals surface area contributed by atoms with Gasteiger partial charge in [-0.25, -0.2) is 4.39 Å². The van der Waals surface area contributed by atoms with Gasteiger partial charge in [0.2, 0.25) is 0 Å². The lowest BCUT2D eigenvalue weighted by molar-refractivity contribution is 0.0831. The van der Waals surface area contributed by atoms with Gasteiger partial charge in [0.05, 0.1) is 0 Å². The van der Waals surface area contributed by atoms with Crippen molar-refractivity contribution < 1.29 is 18.4 Å². The monoisotopic (exact) mass is 282 g/mol. The molecule has 19 heavy (non-hydrogen) atoms. The summed E-state index contributed by atoms with van der Waals surface area (Å²) in [5.41, 5.74) is 4.51. The van der Waals surface area contributed by atoms with Crippen LogP contribution in [0.2, 0.25) is 5.22 Å². The number of halogens is 2. The summed E-state index contributed by atoms with van der Waals surface area (Å²) < 4.78 is 17.5. The van der Waals surface area contributed by atoms with Gasteiger partial charge in [-0.05, 0) is 48.0 Å². The SMILES string of the molecule is O=C(NNC(=O)c1ccc(Cl)o1)c1ccc(F)cc1. The molecule has 7 heteroatoms. The smallest absolute Gasteiger partial charge is 0.305 e. The first-order valence-electron chi connectivity index (χ1n) is 5.18. The van der Waals surface area contributed by atoms with Gasteiger partial charge in [-0.3, -0.25) is 20.4 Å². The minimum atomic E-state index is -0.651. The van der Waals surface area contributed by atoms with Crippen molar-refractivity contribution in [2.24, 2.45) is 0 Å². The molecule has 1 heterocycles. The van der Waals surface area contributed by atoms with Crippen molar-refractivity contribution in [3.63, 3.8) is 0 Å². The van der Waals surface area contributed by atoms with Gasteiger partial charge in [-0.2, -0.15) is 0 Å².